The van der Waals surface area contributed by atoms with E-state index in [0.717, 1.165) is 12.1 Å². The second-order valence-corrected chi connectivity index (χ2v) is 4.54. The summed E-state index contributed by atoms with van der Waals surface area (Å²) in [6, 6.07) is 2.17. The quantitative estimate of drug-likeness (QED) is 0.863. The van der Waals surface area contributed by atoms with Crippen molar-refractivity contribution in [2.75, 3.05) is 0 Å². The Morgan fingerprint density at radius 2 is 1.81 bits per heavy atom. The Hall–Kier alpha value is -1.45. The number of carboxylic acid groups (broad SMARTS) is 1. The highest BCUT2D eigenvalue weighted by Gasteiger charge is 2.27. The highest BCUT2D eigenvalue weighted by atomic mass is 19.2. The Kier molecular flexibility index (Phi) is 3.31. The molecule has 1 aromatic carbocycles. The Balaban J connectivity index is 3.22. The third-order valence-electron chi connectivity index (χ3n) is 2.59. The minimum atomic E-state index is -0.964. The fourth-order valence-electron chi connectivity index (χ4n) is 1.85. The monoisotopic (exact) mass is 228 g/mol. The molecule has 0 aromatic heterocycles. The van der Waals surface area contributed by atoms with Crippen molar-refractivity contribution in [2.45, 2.75) is 32.6 Å². The van der Waals surface area contributed by atoms with Crippen LogP contribution in [0, 0.1) is 18.6 Å². The number of rotatable bonds is 3. The van der Waals surface area contributed by atoms with Gasteiger partial charge < -0.3 is 5.11 Å². The first kappa shape index (κ1) is 12.6. The fraction of sp³-hybridized carbons (Fsp3) is 0.417. The molecule has 0 atom stereocenters. The maximum absolute atomic E-state index is 13.1. The number of aliphatic carboxylic acids is 1. The highest BCUT2D eigenvalue weighted by molar-refractivity contribution is 5.69. The molecule has 1 N–H and O–H groups in total. The standard InChI is InChI=1S/C12H14F2O2/c1-7-4-9(13)10(14)5-8(7)12(2,3)6-11(15)16/h4-5H,6H2,1-3H3,(H,15,16). The van der Waals surface area contributed by atoms with E-state index in [-0.39, 0.29) is 6.42 Å². The lowest BCUT2D eigenvalue weighted by Crippen LogP contribution is -2.23. The zero-order valence-electron chi connectivity index (χ0n) is 9.47. The van der Waals surface area contributed by atoms with Gasteiger partial charge in [-0.3, -0.25) is 4.79 Å². The van der Waals surface area contributed by atoms with Crippen LogP contribution in [0.25, 0.3) is 0 Å². The van der Waals surface area contributed by atoms with Crippen LogP contribution in [0.15, 0.2) is 12.1 Å². The number of halogens is 2. The lowest BCUT2D eigenvalue weighted by molar-refractivity contribution is -0.138. The van der Waals surface area contributed by atoms with Crippen molar-refractivity contribution < 1.29 is 18.7 Å². The van der Waals surface area contributed by atoms with Gasteiger partial charge in [0.25, 0.3) is 0 Å². The molecule has 0 heterocycles. The molecule has 1 aromatic rings. The van der Waals surface area contributed by atoms with Crippen molar-refractivity contribution in [2.24, 2.45) is 0 Å². The summed E-state index contributed by atoms with van der Waals surface area (Å²) < 4.78 is 26.0. The first-order valence-corrected chi connectivity index (χ1v) is 4.92. The largest absolute Gasteiger partial charge is 0.481 e. The number of hydrogen-bond donors (Lipinski definition) is 1. The van der Waals surface area contributed by atoms with Crippen LogP contribution in [0.1, 0.15) is 31.4 Å². The van der Waals surface area contributed by atoms with Crippen LogP contribution in [0.3, 0.4) is 0 Å². The van der Waals surface area contributed by atoms with Crippen molar-refractivity contribution in [3.63, 3.8) is 0 Å². The maximum Gasteiger partial charge on any atom is 0.304 e. The first-order chi connectivity index (χ1) is 7.24. The lowest BCUT2D eigenvalue weighted by Gasteiger charge is -2.25. The Morgan fingerprint density at radius 3 is 2.31 bits per heavy atom. The first-order valence-electron chi connectivity index (χ1n) is 4.92. The Morgan fingerprint density at radius 1 is 1.31 bits per heavy atom. The van der Waals surface area contributed by atoms with Gasteiger partial charge in [-0.05, 0) is 30.2 Å². The van der Waals surface area contributed by atoms with E-state index in [9.17, 15) is 13.6 Å². The molecular formula is C12H14F2O2. The van der Waals surface area contributed by atoms with E-state index >= 15 is 0 Å². The zero-order valence-corrected chi connectivity index (χ0v) is 9.47. The molecule has 0 spiro atoms. The van der Waals surface area contributed by atoms with Crippen LogP contribution < -0.4 is 0 Å². The molecule has 88 valence electrons. The summed E-state index contributed by atoms with van der Waals surface area (Å²) in [5, 5.41) is 8.76. The summed E-state index contributed by atoms with van der Waals surface area (Å²) in [7, 11) is 0. The minimum Gasteiger partial charge on any atom is -0.481 e. The van der Waals surface area contributed by atoms with E-state index in [1.807, 2.05) is 0 Å². The molecule has 2 nitrogen and oxygen atoms in total. The van der Waals surface area contributed by atoms with Crippen molar-refractivity contribution in [1.29, 1.82) is 0 Å². The molecular weight excluding hydrogens is 214 g/mol. The van der Waals surface area contributed by atoms with Crippen molar-refractivity contribution in [3.8, 4) is 0 Å². The normalized spacial score (nSPS) is 11.6. The predicted molar refractivity (Wildman–Crippen MR) is 56.4 cm³/mol. The fourth-order valence-corrected chi connectivity index (χ4v) is 1.85. The molecule has 0 aliphatic rings. The summed E-state index contributed by atoms with van der Waals surface area (Å²) in [6.07, 6.45) is -0.126. The summed E-state index contributed by atoms with van der Waals surface area (Å²) in [6.45, 7) is 5.03. The van der Waals surface area contributed by atoms with Crippen molar-refractivity contribution >= 4 is 5.97 Å². The molecule has 0 fully saturated rings. The van der Waals surface area contributed by atoms with Crippen LogP contribution >= 0.6 is 0 Å². The maximum atomic E-state index is 13.1. The average Bonchev–Trinajstić information content (AvgIpc) is 2.08. The molecule has 0 saturated carbocycles. The lowest BCUT2D eigenvalue weighted by atomic mass is 9.79. The Bertz CT molecular complexity index is 425. The number of carbonyl (C=O) groups is 1. The predicted octanol–water partition coefficient (Wildman–Crippen LogP) is 3.03. The Labute approximate surface area is 92.9 Å². The van der Waals surface area contributed by atoms with Gasteiger partial charge in [-0.2, -0.15) is 0 Å². The molecule has 0 bridgehead atoms. The van der Waals surface area contributed by atoms with Crippen LogP contribution in [-0.4, -0.2) is 11.1 Å². The molecule has 4 heteroatoms. The second-order valence-electron chi connectivity index (χ2n) is 4.54. The van der Waals surface area contributed by atoms with E-state index in [2.05, 4.69) is 0 Å². The van der Waals surface area contributed by atoms with Crippen molar-refractivity contribution in [3.05, 3.63) is 34.9 Å². The summed E-state index contributed by atoms with van der Waals surface area (Å²) in [5.41, 5.74) is 0.365. The van der Waals surface area contributed by atoms with Gasteiger partial charge >= 0.3 is 5.97 Å². The van der Waals surface area contributed by atoms with E-state index in [0.29, 0.717) is 11.1 Å². The molecule has 0 aliphatic heterocycles. The second kappa shape index (κ2) is 4.20. The number of aryl methyl sites for hydroxylation is 1. The van der Waals surface area contributed by atoms with Gasteiger partial charge in [0.2, 0.25) is 0 Å². The van der Waals surface area contributed by atoms with Crippen LogP contribution in [0.4, 0.5) is 8.78 Å². The van der Waals surface area contributed by atoms with Crippen LogP contribution in [0.5, 0.6) is 0 Å². The summed E-state index contributed by atoms with van der Waals surface area (Å²) >= 11 is 0. The van der Waals surface area contributed by atoms with Gasteiger partial charge in [0.15, 0.2) is 11.6 Å². The number of hydrogen-bond acceptors (Lipinski definition) is 1. The SMILES string of the molecule is Cc1cc(F)c(F)cc1C(C)(C)CC(=O)O. The van der Waals surface area contributed by atoms with E-state index in [4.69, 9.17) is 5.11 Å². The van der Waals surface area contributed by atoms with Crippen molar-refractivity contribution in [1.82, 2.24) is 0 Å². The van der Waals surface area contributed by atoms with Gasteiger partial charge in [-0.15, -0.1) is 0 Å². The van der Waals surface area contributed by atoms with Gasteiger partial charge in [0.05, 0.1) is 6.42 Å². The topological polar surface area (TPSA) is 37.3 Å². The van der Waals surface area contributed by atoms with E-state index in [1.54, 1.807) is 20.8 Å². The van der Waals surface area contributed by atoms with E-state index < -0.39 is 23.0 Å². The van der Waals surface area contributed by atoms with Crippen LogP contribution in [0.2, 0.25) is 0 Å². The molecule has 0 saturated heterocycles. The zero-order chi connectivity index (χ0) is 12.5. The molecule has 0 aliphatic carbocycles. The summed E-state index contributed by atoms with van der Waals surface area (Å²) in [4.78, 5) is 10.7. The third kappa shape index (κ3) is 2.56. The van der Waals surface area contributed by atoms with Gasteiger partial charge in [0, 0.05) is 5.41 Å². The molecule has 0 amide bonds. The van der Waals surface area contributed by atoms with Gasteiger partial charge in [-0.1, -0.05) is 13.8 Å². The molecule has 16 heavy (non-hydrogen) atoms. The van der Waals surface area contributed by atoms with Crippen LogP contribution in [-0.2, 0) is 10.2 Å². The average molecular weight is 228 g/mol. The van der Waals surface area contributed by atoms with Gasteiger partial charge in [0.1, 0.15) is 0 Å². The van der Waals surface area contributed by atoms with Gasteiger partial charge in [-0.25, -0.2) is 8.78 Å². The van der Waals surface area contributed by atoms with E-state index in [1.165, 1.54) is 0 Å². The molecule has 0 radical (unpaired) electrons. The highest BCUT2D eigenvalue weighted by Crippen LogP contribution is 2.31. The number of carboxylic acids is 1. The summed E-state index contributed by atoms with van der Waals surface area (Å²) in [5.74, 6) is -2.82. The minimum absolute atomic E-state index is 0.126. The number of benzene rings is 1. The third-order valence-corrected chi connectivity index (χ3v) is 2.59. The smallest absolute Gasteiger partial charge is 0.304 e. The molecule has 1 rings (SSSR count). The molecule has 0 unspecified atom stereocenters.